The van der Waals surface area contributed by atoms with Crippen molar-refractivity contribution >= 4 is 18.3 Å². The molecule has 5 nitrogen and oxygen atoms in total. The van der Waals surface area contributed by atoms with Gasteiger partial charge in [-0.05, 0) is 19.9 Å². The van der Waals surface area contributed by atoms with E-state index in [0.29, 0.717) is 12.2 Å². The molecule has 6 heteroatoms. The van der Waals surface area contributed by atoms with E-state index >= 15 is 0 Å². The number of aryl methyl sites for hydroxylation is 1. The van der Waals surface area contributed by atoms with Crippen molar-refractivity contribution < 1.29 is 9.32 Å². The number of hydrogen-bond donors (Lipinski definition) is 2. The van der Waals surface area contributed by atoms with Crippen molar-refractivity contribution in [1.29, 1.82) is 0 Å². The number of carbonyl (C=O) groups is 1. The Bertz CT molecular complexity index is 581. The third-order valence-electron chi connectivity index (χ3n) is 3.10. The fourth-order valence-electron chi connectivity index (χ4n) is 1.90. The highest BCUT2D eigenvalue weighted by Gasteiger charge is 2.13. The monoisotopic (exact) mass is 323 g/mol. The largest absolute Gasteiger partial charge is 0.350 e. The molecule has 2 aromatic rings. The molecule has 0 fully saturated rings. The average Bonchev–Trinajstić information content (AvgIpc) is 2.97. The Kier molecular flexibility index (Phi) is 7.63. The number of nitrogens with zero attached hydrogens (tertiary/aromatic N) is 1. The molecule has 0 bridgehead atoms. The lowest BCUT2D eigenvalue weighted by atomic mass is 10.1. The highest BCUT2D eigenvalue weighted by atomic mass is 35.5. The van der Waals surface area contributed by atoms with Crippen LogP contribution >= 0.6 is 12.4 Å². The smallest absolute Gasteiger partial charge is 0.289 e. The zero-order valence-electron chi connectivity index (χ0n) is 12.9. The van der Waals surface area contributed by atoms with Gasteiger partial charge < -0.3 is 15.2 Å². The molecule has 22 heavy (non-hydrogen) atoms. The fraction of sp³-hybridized carbons (Fsp3) is 0.375. The average molecular weight is 324 g/mol. The summed E-state index contributed by atoms with van der Waals surface area (Å²) in [5, 5.41) is 9.96. The molecule has 0 saturated heterocycles. The Morgan fingerprint density at radius 3 is 2.59 bits per heavy atom. The minimum absolute atomic E-state index is 0. The van der Waals surface area contributed by atoms with E-state index in [-0.39, 0.29) is 24.1 Å². The molecule has 0 aliphatic carbocycles. The molecule has 1 aromatic heterocycles. The number of benzene rings is 1. The number of halogens is 1. The summed E-state index contributed by atoms with van der Waals surface area (Å²) >= 11 is 0. The van der Waals surface area contributed by atoms with Crippen molar-refractivity contribution in [2.45, 2.75) is 20.3 Å². The van der Waals surface area contributed by atoms with Gasteiger partial charge in [0, 0.05) is 24.7 Å². The van der Waals surface area contributed by atoms with Gasteiger partial charge in [0.25, 0.3) is 5.91 Å². The maximum absolute atomic E-state index is 11.9. The van der Waals surface area contributed by atoms with Gasteiger partial charge in [0.1, 0.15) is 5.69 Å². The third-order valence-corrected chi connectivity index (χ3v) is 3.10. The molecule has 0 atom stereocenters. The maximum atomic E-state index is 11.9. The van der Waals surface area contributed by atoms with Crippen LogP contribution in [0.3, 0.4) is 0 Å². The van der Waals surface area contributed by atoms with Gasteiger partial charge in [-0.1, -0.05) is 41.9 Å². The van der Waals surface area contributed by atoms with Gasteiger partial charge in [-0.15, -0.1) is 12.4 Å². The van der Waals surface area contributed by atoms with Crippen molar-refractivity contribution in [1.82, 2.24) is 15.8 Å². The number of carbonyl (C=O) groups excluding carboxylic acids is 1. The first kappa shape index (κ1) is 18.2. The van der Waals surface area contributed by atoms with E-state index in [2.05, 4.69) is 22.7 Å². The van der Waals surface area contributed by atoms with Gasteiger partial charge in [0.15, 0.2) is 0 Å². The minimum atomic E-state index is -0.237. The molecule has 0 radical (unpaired) electrons. The molecule has 0 saturated carbocycles. The van der Waals surface area contributed by atoms with Gasteiger partial charge in [-0.25, -0.2) is 0 Å². The topological polar surface area (TPSA) is 67.2 Å². The number of aromatic nitrogens is 1. The van der Waals surface area contributed by atoms with Crippen LogP contribution in [0.25, 0.3) is 11.3 Å². The van der Waals surface area contributed by atoms with Gasteiger partial charge in [-0.2, -0.15) is 0 Å². The van der Waals surface area contributed by atoms with Crippen LogP contribution in [0.2, 0.25) is 0 Å². The van der Waals surface area contributed by atoms with Crippen LogP contribution in [-0.2, 0) is 0 Å². The van der Waals surface area contributed by atoms with Crippen molar-refractivity contribution in [2.24, 2.45) is 0 Å². The second kappa shape index (κ2) is 9.23. The Labute approximate surface area is 136 Å². The number of nitrogens with one attached hydrogen (secondary N) is 2. The third kappa shape index (κ3) is 5.16. The van der Waals surface area contributed by atoms with E-state index in [1.807, 2.05) is 31.2 Å². The quantitative estimate of drug-likeness (QED) is 0.769. The number of rotatable bonds is 7. The van der Waals surface area contributed by atoms with Gasteiger partial charge in [-0.3, -0.25) is 4.79 Å². The maximum Gasteiger partial charge on any atom is 0.289 e. The first-order valence-corrected chi connectivity index (χ1v) is 7.23. The molecule has 1 amide bonds. The lowest BCUT2D eigenvalue weighted by Gasteiger charge is -2.03. The van der Waals surface area contributed by atoms with E-state index in [4.69, 9.17) is 4.52 Å². The Hall–Kier alpha value is -1.85. The predicted molar refractivity (Wildman–Crippen MR) is 89.4 cm³/mol. The molecular formula is C16H22ClN3O2. The summed E-state index contributed by atoms with van der Waals surface area (Å²) in [6, 6.07) is 9.60. The summed E-state index contributed by atoms with van der Waals surface area (Å²) in [5.41, 5.74) is 2.79. The summed E-state index contributed by atoms with van der Waals surface area (Å²) in [6.07, 6.45) is 1.08. The summed E-state index contributed by atoms with van der Waals surface area (Å²) in [7, 11) is 0. The van der Waals surface area contributed by atoms with Crippen LogP contribution in [0.1, 0.15) is 29.5 Å². The fourth-order valence-corrected chi connectivity index (χ4v) is 1.90. The highest BCUT2D eigenvalue weighted by molar-refractivity contribution is 5.92. The Morgan fingerprint density at radius 2 is 1.91 bits per heavy atom. The second-order valence-corrected chi connectivity index (χ2v) is 4.95. The van der Waals surface area contributed by atoms with Crippen molar-refractivity contribution in [3.63, 3.8) is 0 Å². The molecule has 0 spiro atoms. The molecular weight excluding hydrogens is 302 g/mol. The molecule has 2 N–H and O–H groups in total. The SMILES string of the molecule is CCCNCCNC(=O)c1cc(-c2ccc(C)cc2)no1.Cl. The first-order chi connectivity index (χ1) is 10.2. The van der Waals surface area contributed by atoms with Gasteiger partial charge in [0.05, 0.1) is 0 Å². The second-order valence-electron chi connectivity index (χ2n) is 4.95. The molecule has 0 aliphatic rings. The summed E-state index contributed by atoms with van der Waals surface area (Å²) in [4.78, 5) is 11.9. The predicted octanol–water partition coefficient (Wildman–Crippen LogP) is 2.80. The standard InChI is InChI=1S/C16H21N3O2.ClH/c1-3-8-17-9-10-18-16(20)15-11-14(19-21-15)13-6-4-12(2)5-7-13;/h4-7,11,17H,3,8-10H2,1-2H3,(H,18,20);1H. The van der Waals surface area contributed by atoms with Crippen LogP contribution in [0.5, 0.6) is 0 Å². The van der Waals surface area contributed by atoms with Crippen LogP contribution in [0.15, 0.2) is 34.9 Å². The van der Waals surface area contributed by atoms with E-state index in [1.54, 1.807) is 6.07 Å². The highest BCUT2D eigenvalue weighted by Crippen LogP contribution is 2.19. The lowest BCUT2D eigenvalue weighted by Crippen LogP contribution is -2.31. The van der Waals surface area contributed by atoms with Crippen molar-refractivity contribution in [3.8, 4) is 11.3 Å². The Balaban J connectivity index is 0.00000242. The van der Waals surface area contributed by atoms with Crippen molar-refractivity contribution in [2.75, 3.05) is 19.6 Å². The normalized spacial score (nSPS) is 10.1. The molecule has 0 unspecified atom stereocenters. The summed E-state index contributed by atoms with van der Waals surface area (Å²) < 4.78 is 5.11. The van der Waals surface area contributed by atoms with Crippen LogP contribution in [-0.4, -0.2) is 30.7 Å². The molecule has 120 valence electrons. The van der Waals surface area contributed by atoms with Crippen molar-refractivity contribution in [3.05, 3.63) is 41.7 Å². The van der Waals surface area contributed by atoms with Gasteiger partial charge in [0.2, 0.25) is 5.76 Å². The van der Waals surface area contributed by atoms with E-state index in [9.17, 15) is 4.79 Å². The molecule has 1 aromatic carbocycles. The lowest BCUT2D eigenvalue weighted by molar-refractivity contribution is 0.0917. The molecule has 2 rings (SSSR count). The molecule has 0 aliphatic heterocycles. The molecule has 1 heterocycles. The summed E-state index contributed by atoms with van der Waals surface area (Å²) in [6.45, 7) is 6.40. The van der Waals surface area contributed by atoms with E-state index < -0.39 is 0 Å². The van der Waals surface area contributed by atoms with Gasteiger partial charge >= 0.3 is 0 Å². The zero-order chi connectivity index (χ0) is 15.1. The number of hydrogen-bond acceptors (Lipinski definition) is 4. The van der Waals surface area contributed by atoms with E-state index in [0.717, 1.165) is 25.1 Å². The van der Waals surface area contributed by atoms with Crippen LogP contribution < -0.4 is 10.6 Å². The zero-order valence-corrected chi connectivity index (χ0v) is 13.7. The van der Waals surface area contributed by atoms with Crippen LogP contribution in [0.4, 0.5) is 0 Å². The van der Waals surface area contributed by atoms with Crippen LogP contribution in [0, 0.1) is 6.92 Å². The first-order valence-electron chi connectivity index (χ1n) is 7.23. The number of amides is 1. The summed E-state index contributed by atoms with van der Waals surface area (Å²) in [5.74, 6) is 0.000210. The Morgan fingerprint density at radius 1 is 1.18 bits per heavy atom. The van der Waals surface area contributed by atoms with E-state index in [1.165, 1.54) is 5.56 Å². The minimum Gasteiger partial charge on any atom is -0.350 e.